The Hall–Kier alpha value is -1.26. The lowest BCUT2D eigenvalue weighted by Crippen LogP contribution is -2.50. The van der Waals surface area contributed by atoms with Crippen molar-refractivity contribution in [2.75, 3.05) is 0 Å². The molecular weight excluding hydrogens is 270 g/mol. The molecule has 0 aromatic carbocycles. The molecule has 5 heteroatoms. The number of amides is 1. The van der Waals surface area contributed by atoms with Gasteiger partial charge in [0.25, 0.3) is 0 Å². The highest BCUT2D eigenvalue weighted by Crippen LogP contribution is 2.19. The average Bonchev–Trinajstić information content (AvgIpc) is 2.29. The van der Waals surface area contributed by atoms with Gasteiger partial charge in [0.1, 0.15) is 11.6 Å². The highest BCUT2D eigenvalue weighted by molar-refractivity contribution is 5.80. The molecule has 5 nitrogen and oxygen atoms in total. The van der Waals surface area contributed by atoms with E-state index < -0.39 is 23.7 Å². The van der Waals surface area contributed by atoms with Crippen LogP contribution in [0.3, 0.4) is 0 Å². The number of carbonyl (C=O) groups excluding carboxylic acids is 1. The van der Waals surface area contributed by atoms with E-state index in [0.717, 1.165) is 25.7 Å². The SMILES string of the molecule is CCCCCCC(C(=O)O)N(C(=O)OC(C)(C)C)C(C)C. The molecule has 0 aliphatic carbocycles. The van der Waals surface area contributed by atoms with Crippen LogP contribution >= 0.6 is 0 Å². The van der Waals surface area contributed by atoms with Gasteiger partial charge in [0.15, 0.2) is 0 Å². The van der Waals surface area contributed by atoms with Crippen LogP contribution in [-0.2, 0) is 9.53 Å². The van der Waals surface area contributed by atoms with Crippen molar-refractivity contribution in [3.63, 3.8) is 0 Å². The first-order valence-corrected chi connectivity index (χ1v) is 7.84. The number of ether oxygens (including phenoxy) is 1. The average molecular weight is 301 g/mol. The van der Waals surface area contributed by atoms with E-state index in [2.05, 4.69) is 6.92 Å². The normalized spacial score (nSPS) is 13.1. The van der Waals surface area contributed by atoms with Gasteiger partial charge in [0, 0.05) is 6.04 Å². The zero-order chi connectivity index (χ0) is 16.6. The lowest BCUT2D eigenvalue weighted by atomic mass is 10.0. The van der Waals surface area contributed by atoms with E-state index in [1.807, 2.05) is 13.8 Å². The molecule has 0 saturated heterocycles. The number of hydrogen-bond acceptors (Lipinski definition) is 3. The third-order valence-electron chi connectivity index (χ3n) is 3.11. The minimum absolute atomic E-state index is 0.216. The molecule has 0 spiro atoms. The van der Waals surface area contributed by atoms with Crippen LogP contribution in [0.5, 0.6) is 0 Å². The van der Waals surface area contributed by atoms with Crippen LogP contribution in [0.2, 0.25) is 0 Å². The highest BCUT2D eigenvalue weighted by Gasteiger charge is 2.34. The van der Waals surface area contributed by atoms with E-state index in [4.69, 9.17) is 4.74 Å². The van der Waals surface area contributed by atoms with Crippen LogP contribution < -0.4 is 0 Å². The quantitative estimate of drug-likeness (QED) is 0.687. The summed E-state index contributed by atoms with van der Waals surface area (Å²) >= 11 is 0. The Morgan fingerprint density at radius 1 is 1.14 bits per heavy atom. The largest absolute Gasteiger partial charge is 0.480 e. The molecule has 21 heavy (non-hydrogen) atoms. The Morgan fingerprint density at radius 2 is 1.71 bits per heavy atom. The maximum atomic E-state index is 12.3. The van der Waals surface area contributed by atoms with Crippen LogP contribution in [0.1, 0.15) is 73.6 Å². The topological polar surface area (TPSA) is 66.8 Å². The van der Waals surface area contributed by atoms with Crippen LogP contribution in [-0.4, -0.2) is 39.8 Å². The smallest absolute Gasteiger partial charge is 0.411 e. The molecule has 1 unspecified atom stereocenters. The van der Waals surface area contributed by atoms with Crippen LogP contribution in [0.25, 0.3) is 0 Å². The number of carbonyl (C=O) groups is 2. The Morgan fingerprint density at radius 3 is 2.10 bits per heavy atom. The van der Waals surface area contributed by atoms with E-state index in [0.29, 0.717) is 6.42 Å². The minimum atomic E-state index is -0.967. The highest BCUT2D eigenvalue weighted by atomic mass is 16.6. The Labute approximate surface area is 128 Å². The van der Waals surface area contributed by atoms with Gasteiger partial charge in [-0.25, -0.2) is 9.59 Å². The predicted octanol–water partition coefficient (Wildman–Crippen LogP) is 4.06. The summed E-state index contributed by atoms with van der Waals surface area (Å²) in [5, 5.41) is 9.45. The maximum Gasteiger partial charge on any atom is 0.411 e. The number of unbranched alkanes of at least 4 members (excludes halogenated alkanes) is 3. The number of nitrogens with zero attached hydrogens (tertiary/aromatic N) is 1. The summed E-state index contributed by atoms with van der Waals surface area (Å²) in [5.74, 6) is -0.967. The molecular formula is C16H31NO4. The van der Waals surface area contributed by atoms with Crippen molar-refractivity contribution >= 4 is 12.1 Å². The van der Waals surface area contributed by atoms with Crippen LogP contribution in [0.15, 0.2) is 0 Å². The maximum absolute atomic E-state index is 12.3. The summed E-state index contributed by atoms with van der Waals surface area (Å²) in [6.07, 6.45) is 3.88. The lowest BCUT2D eigenvalue weighted by molar-refractivity contribution is -0.144. The number of carboxylic acid groups (broad SMARTS) is 1. The fraction of sp³-hybridized carbons (Fsp3) is 0.875. The van der Waals surface area contributed by atoms with Gasteiger partial charge in [-0.05, 0) is 41.0 Å². The summed E-state index contributed by atoms with van der Waals surface area (Å²) in [6, 6.07) is -1.04. The molecule has 124 valence electrons. The van der Waals surface area contributed by atoms with Gasteiger partial charge in [-0.1, -0.05) is 32.6 Å². The first-order chi connectivity index (χ1) is 9.60. The van der Waals surface area contributed by atoms with Crippen LogP contribution in [0.4, 0.5) is 4.79 Å². The molecule has 1 N–H and O–H groups in total. The number of aliphatic carboxylic acids is 1. The molecule has 0 saturated carbocycles. The molecule has 1 amide bonds. The van der Waals surface area contributed by atoms with Gasteiger partial charge in [-0.3, -0.25) is 4.90 Å². The number of hydrogen-bond donors (Lipinski definition) is 1. The molecule has 0 aliphatic rings. The van der Waals surface area contributed by atoms with Crippen molar-refractivity contribution < 1.29 is 19.4 Å². The second kappa shape index (κ2) is 8.90. The van der Waals surface area contributed by atoms with E-state index in [1.165, 1.54) is 4.90 Å². The second-order valence-electron chi connectivity index (χ2n) is 6.68. The van der Waals surface area contributed by atoms with Gasteiger partial charge >= 0.3 is 12.1 Å². The summed E-state index contributed by atoms with van der Waals surface area (Å²) in [5.41, 5.74) is -0.629. The molecule has 0 aliphatic heterocycles. The fourth-order valence-corrected chi connectivity index (χ4v) is 2.16. The van der Waals surface area contributed by atoms with E-state index in [1.54, 1.807) is 20.8 Å². The van der Waals surface area contributed by atoms with Crippen LogP contribution in [0, 0.1) is 0 Å². The summed E-state index contributed by atoms with van der Waals surface area (Å²) in [7, 11) is 0. The zero-order valence-electron chi connectivity index (χ0n) is 14.3. The summed E-state index contributed by atoms with van der Waals surface area (Å²) in [4.78, 5) is 25.2. The standard InChI is InChI=1S/C16H31NO4/c1-7-8-9-10-11-13(14(18)19)17(12(2)3)15(20)21-16(4,5)6/h12-13H,7-11H2,1-6H3,(H,18,19). The van der Waals surface area contributed by atoms with Gasteiger partial charge in [0.05, 0.1) is 0 Å². The van der Waals surface area contributed by atoms with Gasteiger partial charge in [-0.15, -0.1) is 0 Å². The van der Waals surface area contributed by atoms with Crippen molar-refractivity contribution in [2.24, 2.45) is 0 Å². The fourth-order valence-electron chi connectivity index (χ4n) is 2.16. The third kappa shape index (κ3) is 7.93. The molecule has 0 radical (unpaired) electrons. The molecule has 0 aromatic rings. The van der Waals surface area contributed by atoms with Gasteiger partial charge < -0.3 is 9.84 Å². The molecule has 0 rings (SSSR count). The zero-order valence-corrected chi connectivity index (χ0v) is 14.3. The Bertz CT molecular complexity index is 334. The van der Waals surface area contributed by atoms with Gasteiger partial charge in [-0.2, -0.15) is 0 Å². The second-order valence-corrected chi connectivity index (χ2v) is 6.68. The third-order valence-corrected chi connectivity index (χ3v) is 3.11. The minimum Gasteiger partial charge on any atom is -0.480 e. The number of rotatable bonds is 8. The van der Waals surface area contributed by atoms with Crippen molar-refractivity contribution in [3.8, 4) is 0 Å². The first-order valence-electron chi connectivity index (χ1n) is 7.84. The molecule has 1 atom stereocenters. The van der Waals surface area contributed by atoms with Crippen molar-refractivity contribution in [1.29, 1.82) is 0 Å². The Balaban J connectivity index is 4.91. The van der Waals surface area contributed by atoms with Crippen molar-refractivity contribution in [3.05, 3.63) is 0 Å². The van der Waals surface area contributed by atoms with Gasteiger partial charge in [0.2, 0.25) is 0 Å². The molecule has 0 fully saturated rings. The van der Waals surface area contributed by atoms with Crippen molar-refractivity contribution in [1.82, 2.24) is 4.90 Å². The lowest BCUT2D eigenvalue weighted by Gasteiger charge is -2.34. The summed E-state index contributed by atoms with van der Waals surface area (Å²) in [6.45, 7) is 11.1. The van der Waals surface area contributed by atoms with E-state index in [-0.39, 0.29) is 6.04 Å². The van der Waals surface area contributed by atoms with Crippen molar-refractivity contribution in [2.45, 2.75) is 91.3 Å². The monoisotopic (exact) mass is 301 g/mol. The molecule has 0 heterocycles. The Kier molecular flexibility index (Phi) is 8.37. The molecule has 0 bridgehead atoms. The first kappa shape index (κ1) is 19.7. The molecule has 0 aromatic heterocycles. The van der Waals surface area contributed by atoms with E-state index in [9.17, 15) is 14.7 Å². The predicted molar refractivity (Wildman–Crippen MR) is 83.4 cm³/mol. The van der Waals surface area contributed by atoms with E-state index >= 15 is 0 Å². The number of carboxylic acids is 1. The summed E-state index contributed by atoms with van der Waals surface area (Å²) < 4.78 is 5.34.